The predicted molar refractivity (Wildman–Crippen MR) is 92.8 cm³/mol. The van der Waals surface area contributed by atoms with Gasteiger partial charge in [-0.2, -0.15) is 0 Å². The summed E-state index contributed by atoms with van der Waals surface area (Å²) < 4.78 is 10.5. The van der Waals surface area contributed by atoms with Gasteiger partial charge >= 0.3 is 0 Å². The summed E-state index contributed by atoms with van der Waals surface area (Å²) in [7, 11) is 3.02. The molecule has 0 fully saturated rings. The lowest BCUT2D eigenvalue weighted by atomic mass is 10.1. The third-order valence-corrected chi connectivity index (χ3v) is 4.06. The van der Waals surface area contributed by atoms with E-state index in [1.54, 1.807) is 24.4 Å². The fourth-order valence-electron chi connectivity index (χ4n) is 2.19. The van der Waals surface area contributed by atoms with Gasteiger partial charge in [-0.3, -0.25) is 15.1 Å². The number of nitrogens with one attached hydrogen (secondary N) is 1. The van der Waals surface area contributed by atoms with E-state index in [4.69, 9.17) is 9.47 Å². The molecule has 0 atom stereocenters. The molecular formula is C17H15N3O3S. The van der Waals surface area contributed by atoms with Crippen molar-refractivity contribution in [2.24, 2.45) is 0 Å². The second kappa shape index (κ2) is 7.10. The maximum Gasteiger partial charge on any atom is 0.261 e. The number of benzene rings is 1. The molecule has 0 aliphatic rings. The Balaban J connectivity index is 1.82. The third-order valence-electron chi connectivity index (χ3n) is 3.30. The Hall–Kier alpha value is -2.93. The number of rotatable bonds is 5. The summed E-state index contributed by atoms with van der Waals surface area (Å²) in [6.07, 6.45) is 1.70. The lowest BCUT2D eigenvalue weighted by Crippen LogP contribution is -2.13. The molecule has 24 heavy (non-hydrogen) atoms. The molecule has 1 N–H and O–H groups in total. The third kappa shape index (κ3) is 3.21. The fraction of sp³-hybridized carbons (Fsp3) is 0.118. The molecule has 0 unspecified atom stereocenters. The van der Waals surface area contributed by atoms with Crippen LogP contribution in [0.3, 0.4) is 0 Å². The number of anilines is 1. The van der Waals surface area contributed by atoms with Gasteiger partial charge in [0.05, 0.1) is 25.5 Å². The van der Waals surface area contributed by atoms with Crippen LogP contribution in [0.25, 0.3) is 11.4 Å². The lowest BCUT2D eigenvalue weighted by Gasteiger charge is -2.11. The van der Waals surface area contributed by atoms with E-state index in [1.807, 2.05) is 23.6 Å². The summed E-state index contributed by atoms with van der Waals surface area (Å²) in [6, 6.07) is 10.7. The van der Waals surface area contributed by atoms with Crippen molar-refractivity contribution in [3.63, 3.8) is 0 Å². The van der Waals surface area contributed by atoms with Crippen molar-refractivity contribution >= 4 is 22.4 Å². The number of hydrogen-bond donors (Lipinski definition) is 1. The first-order valence-corrected chi connectivity index (χ1v) is 8.00. The number of aromatic nitrogens is 2. The van der Waals surface area contributed by atoms with Crippen molar-refractivity contribution in [1.29, 1.82) is 0 Å². The molecule has 0 bridgehead atoms. The highest BCUT2D eigenvalue weighted by Gasteiger charge is 2.17. The molecule has 0 saturated heterocycles. The van der Waals surface area contributed by atoms with Gasteiger partial charge in [-0.25, -0.2) is 4.98 Å². The van der Waals surface area contributed by atoms with Crippen LogP contribution >= 0.6 is 11.3 Å². The molecule has 3 aromatic rings. The monoisotopic (exact) mass is 341 g/mol. The largest absolute Gasteiger partial charge is 0.493 e. The van der Waals surface area contributed by atoms with Crippen LogP contribution in [0.4, 0.5) is 5.13 Å². The molecule has 0 aliphatic carbocycles. The standard InChI is InChI=1S/C17H15N3O3S/c1-22-14-8-5-6-11(15(14)23-2)16(21)20-17-19-13(10-24-17)12-7-3-4-9-18-12/h3-10H,1-2H3,(H,19,20,21). The molecule has 7 heteroatoms. The first kappa shape index (κ1) is 15.9. The number of hydrogen-bond acceptors (Lipinski definition) is 6. The molecule has 0 saturated carbocycles. The number of nitrogens with zero attached hydrogens (tertiary/aromatic N) is 2. The van der Waals surface area contributed by atoms with E-state index in [9.17, 15) is 4.79 Å². The zero-order valence-corrected chi connectivity index (χ0v) is 14.0. The van der Waals surface area contributed by atoms with Gasteiger partial charge in [0.2, 0.25) is 0 Å². The maximum absolute atomic E-state index is 12.5. The van der Waals surface area contributed by atoms with Crippen molar-refractivity contribution < 1.29 is 14.3 Å². The molecule has 3 rings (SSSR count). The average Bonchev–Trinajstić information content (AvgIpc) is 3.10. The molecule has 122 valence electrons. The minimum atomic E-state index is -0.312. The zero-order chi connectivity index (χ0) is 16.9. The molecule has 1 amide bonds. The molecule has 2 heterocycles. The minimum Gasteiger partial charge on any atom is -0.493 e. The van der Waals surface area contributed by atoms with Crippen molar-refractivity contribution in [3.05, 3.63) is 53.5 Å². The van der Waals surface area contributed by atoms with Crippen LogP contribution in [0.1, 0.15) is 10.4 Å². The normalized spacial score (nSPS) is 10.2. The smallest absolute Gasteiger partial charge is 0.261 e. The highest BCUT2D eigenvalue weighted by molar-refractivity contribution is 7.14. The van der Waals surface area contributed by atoms with Crippen molar-refractivity contribution in [2.75, 3.05) is 19.5 Å². The van der Waals surface area contributed by atoms with Gasteiger partial charge in [-0.1, -0.05) is 12.1 Å². The molecule has 1 aromatic carbocycles. The maximum atomic E-state index is 12.5. The highest BCUT2D eigenvalue weighted by atomic mass is 32.1. The highest BCUT2D eigenvalue weighted by Crippen LogP contribution is 2.31. The number of carbonyl (C=O) groups is 1. The van der Waals surface area contributed by atoms with Crippen molar-refractivity contribution in [3.8, 4) is 22.9 Å². The predicted octanol–water partition coefficient (Wildman–Crippen LogP) is 3.47. The lowest BCUT2D eigenvalue weighted by molar-refractivity contribution is 0.102. The SMILES string of the molecule is COc1cccc(C(=O)Nc2nc(-c3ccccn3)cs2)c1OC. The average molecular weight is 341 g/mol. The Labute approximate surface area is 143 Å². The van der Waals surface area contributed by atoms with Crippen LogP contribution < -0.4 is 14.8 Å². The van der Waals surface area contributed by atoms with Gasteiger partial charge in [-0.05, 0) is 24.3 Å². The van der Waals surface area contributed by atoms with Crippen LogP contribution in [-0.4, -0.2) is 30.1 Å². The Bertz CT molecular complexity index is 849. The second-order valence-electron chi connectivity index (χ2n) is 4.75. The van der Waals surface area contributed by atoms with E-state index in [1.165, 1.54) is 25.6 Å². The van der Waals surface area contributed by atoms with Crippen molar-refractivity contribution in [2.45, 2.75) is 0 Å². The van der Waals surface area contributed by atoms with Crippen molar-refractivity contribution in [1.82, 2.24) is 9.97 Å². The summed E-state index contributed by atoms with van der Waals surface area (Å²) >= 11 is 1.34. The molecule has 6 nitrogen and oxygen atoms in total. The summed E-state index contributed by atoms with van der Waals surface area (Å²) in [5.41, 5.74) is 1.85. The van der Waals surface area contributed by atoms with E-state index < -0.39 is 0 Å². The fourth-order valence-corrected chi connectivity index (χ4v) is 2.89. The van der Waals surface area contributed by atoms with Crippen LogP contribution in [0.15, 0.2) is 48.0 Å². The van der Waals surface area contributed by atoms with Gasteiger partial charge in [0.15, 0.2) is 16.6 Å². The summed E-state index contributed by atoms with van der Waals surface area (Å²) in [6.45, 7) is 0. The first-order valence-electron chi connectivity index (χ1n) is 7.12. The molecule has 0 radical (unpaired) electrons. The van der Waals surface area contributed by atoms with E-state index in [0.29, 0.717) is 27.9 Å². The first-order chi connectivity index (χ1) is 11.7. The van der Waals surface area contributed by atoms with Crippen LogP contribution in [0.2, 0.25) is 0 Å². The van der Waals surface area contributed by atoms with E-state index >= 15 is 0 Å². The number of pyridine rings is 1. The van der Waals surface area contributed by atoms with E-state index in [0.717, 1.165) is 5.69 Å². The summed E-state index contributed by atoms with van der Waals surface area (Å²) in [5.74, 6) is 0.574. The Morgan fingerprint density at radius 1 is 1.08 bits per heavy atom. The molecule has 2 aromatic heterocycles. The van der Waals surface area contributed by atoms with Crippen LogP contribution in [-0.2, 0) is 0 Å². The molecular weight excluding hydrogens is 326 g/mol. The summed E-state index contributed by atoms with van der Waals surface area (Å²) in [5, 5.41) is 5.12. The topological polar surface area (TPSA) is 73.3 Å². The van der Waals surface area contributed by atoms with Gasteiger partial charge in [0.25, 0.3) is 5.91 Å². The minimum absolute atomic E-state index is 0.312. The Morgan fingerprint density at radius 3 is 2.67 bits per heavy atom. The number of para-hydroxylation sites is 1. The number of methoxy groups -OCH3 is 2. The van der Waals surface area contributed by atoms with Gasteiger partial charge in [-0.15, -0.1) is 11.3 Å². The van der Waals surface area contributed by atoms with Gasteiger partial charge in [0, 0.05) is 11.6 Å². The van der Waals surface area contributed by atoms with E-state index in [-0.39, 0.29) is 5.91 Å². The van der Waals surface area contributed by atoms with Crippen LogP contribution in [0, 0.1) is 0 Å². The quantitative estimate of drug-likeness (QED) is 0.769. The van der Waals surface area contributed by atoms with Gasteiger partial charge < -0.3 is 9.47 Å². The second-order valence-corrected chi connectivity index (χ2v) is 5.61. The Kier molecular flexibility index (Phi) is 4.72. The number of ether oxygens (including phenoxy) is 2. The Morgan fingerprint density at radius 2 is 1.96 bits per heavy atom. The number of carbonyl (C=O) groups excluding carboxylic acids is 1. The van der Waals surface area contributed by atoms with Crippen LogP contribution in [0.5, 0.6) is 11.5 Å². The zero-order valence-electron chi connectivity index (χ0n) is 13.1. The summed E-state index contributed by atoms with van der Waals surface area (Å²) in [4.78, 5) is 21.2. The molecule has 0 aliphatic heterocycles. The number of thiazole rings is 1. The number of amides is 1. The van der Waals surface area contributed by atoms with E-state index in [2.05, 4.69) is 15.3 Å². The van der Waals surface area contributed by atoms with Gasteiger partial charge in [0.1, 0.15) is 5.69 Å². The molecule has 0 spiro atoms.